The third-order valence-electron chi connectivity index (χ3n) is 1.88. The number of rotatable bonds is 2. The van der Waals surface area contributed by atoms with Crippen LogP contribution in [0.15, 0.2) is 42.5 Å². The normalized spacial score (nSPS) is 9.37. The molecule has 1 nitrogen and oxygen atoms in total. The lowest BCUT2D eigenvalue weighted by Gasteiger charge is -2.02. The summed E-state index contributed by atoms with van der Waals surface area (Å²) in [7, 11) is 0. The molecule has 0 aliphatic rings. The van der Waals surface area contributed by atoms with Gasteiger partial charge in [-0.15, -0.1) is 23.3 Å². The number of benzene rings is 1. The van der Waals surface area contributed by atoms with Crippen LogP contribution in [0.5, 0.6) is 0 Å². The quantitative estimate of drug-likeness (QED) is 0.263. The second-order valence-electron chi connectivity index (χ2n) is 2.87. The van der Waals surface area contributed by atoms with Crippen molar-refractivity contribution >= 4 is 34.6 Å². The highest BCUT2D eigenvalue weighted by molar-refractivity contribution is 8.59. The van der Waals surface area contributed by atoms with Crippen molar-refractivity contribution in [3.63, 3.8) is 0 Å². The number of thiol groups is 2. The highest BCUT2D eigenvalue weighted by atomic mass is 33.1. The fourth-order valence-corrected chi connectivity index (χ4v) is 1.26. The average Bonchev–Trinajstić information content (AvgIpc) is 2.51. The van der Waals surface area contributed by atoms with Crippen molar-refractivity contribution in [1.29, 1.82) is 0 Å². The molecule has 0 spiro atoms. The molecule has 1 aromatic rings. The van der Waals surface area contributed by atoms with E-state index in [9.17, 15) is 0 Å². The van der Waals surface area contributed by atoms with E-state index in [0.717, 1.165) is 5.69 Å². The van der Waals surface area contributed by atoms with Gasteiger partial charge in [0, 0.05) is 5.69 Å². The van der Waals surface area contributed by atoms with Gasteiger partial charge in [-0.1, -0.05) is 58.1 Å². The van der Waals surface area contributed by atoms with Crippen LogP contribution in [-0.4, -0.2) is 0 Å². The van der Waals surface area contributed by atoms with Crippen LogP contribution in [0.4, 0.5) is 5.69 Å². The number of hydrogen-bond donors (Lipinski definition) is 3. The highest BCUT2D eigenvalue weighted by Crippen LogP contribution is 2.17. The van der Waals surface area contributed by atoms with Crippen LogP contribution in [0.2, 0.25) is 0 Å². The van der Waals surface area contributed by atoms with E-state index in [-0.39, 0.29) is 0 Å². The van der Waals surface area contributed by atoms with E-state index < -0.39 is 0 Å². The van der Waals surface area contributed by atoms with Crippen LogP contribution in [0, 0.1) is 0 Å². The van der Waals surface area contributed by atoms with E-state index in [1.54, 1.807) is 0 Å². The summed E-state index contributed by atoms with van der Waals surface area (Å²) in [5.74, 6) is 0. The molecule has 0 saturated heterocycles. The first-order chi connectivity index (χ1) is 9.27. The largest absolute Gasteiger partial charge is 0.399 e. The standard InChI is InChI=1S/C12H15N.2C2H6.H2S2/c1-3-6-10(4-2)11-7-5-8-12(13)9-11;3*1-2/h3-9H,13H2,1-2H3;2*1-2H3;1-2H/b6-3-,10-4+;;;. The number of allylic oxidation sites excluding steroid dienone is 4. The molecule has 0 amide bonds. The molecule has 2 N–H and O–H groups in total. The molecular weight excluding hydrogens is 270 g/mol. The molecule has 3 heteroatoms. The Bertz CT molecular complexity index is 344. The number of hydrogen-bond acceptors (Lipinski definition) is 3. The predicted octanol–water partition coefficient (Wildman–Crippen LogP) is 6.06. The minimum atomic E-state index is 0.807. The van der Waals surface area contributed by atoms with Crippen molar-refractivity contribution in [2.75, 3.05) is 5.73 Å². The van der Waals surface area contributed by atoms with Crippen molar-refractivity contribution in [3.05, 3.63) is 48.1 Å². The number of nitrogen functional groups attached to an aromatic ring is 1. The molecule has 0 aliphatic carbocycles. The Hall–Kier alpha value is -0.800. The van der Waals surface area contributed by atoms with Crippen LogP contribution in [0.25, 0.3) is 5.57 Å². The molecule has 0 heterocycles. The smallest absolute Gasteiger partial charge is 0.0320 e. The number of nitrogens with two attached hydrogens (primary N) is 1. The van der Waals surface area contributed by atoms with Gasteiger partial charge in [-0.05, 0) is 37.1 Å². The molecule has 0 saturated carbocycles. The SMILES string of the molecule is C/C=C\C(=C/C)c1cccc(N)c1.CC.CC.SS. The minimum absolute atomic E-state index is 0.807. The first-order valence-electron chi connectivity index (χ1n) is 6.63. The zero-order valence-corrected chi connectivity index (χ0v) is 14.8. The molecule has 1 aromatic carbocycles. The first kappa shape index (κ1) is 23.3. The molecule has 19 heavy (non-hydrogen) atoms. The van der Waals surface area contributed by atoms with Crippen LogP contribution < -0.4 is 5.73 Å². The molecule has 0 aliphatic heterocycles. The van der Waals surface area contributed by atoms with E-state index in [1.165, 1.54) is 11.1 Å². The monoisotopic (exact) mass is 299 g/mol. The third-order valence-corrected chi connectivity index (χ3v) is 1.88. The maximum absolute atomic E-state index is 5.70. The van der Waals surface area contributed by atoms with Gasteiger partial charge in [0.1, 0.15) is 0 Å². The van der Waals surface area contributed by atoms with Gasteiger partial charge in [0.05, 0.1) is 0 Å². The third kappa shape index (κ3) is 12.0. The van der Waals surface area contributed by atoms with Gasteiger partial charge < -0.3 is 5.73 Å². The van der Waals surface area contributed by atoms with Gasteiger partial charge >= 0.3 is 0 Å². The molecule has 0 aromatic heterocycles. The topological polar surface area (TPSA) is 26.0 Å². The maximum Gasteiger partial charge on any atom is 0.0320 e. The van der Waals surface area contributed by atoms with Gasteiger partial charge in [-0.25, -0.2) is 0 Å². The molecule has 0 bridgehead atoms. The molecule has 0 atom stereocenters. The Morgan fingerprint density at radius 2 is 1.58 bits per heavy atom. The Morgan fingerprint density at radius 1 is 1.05 bits per heavy atom. The summed E-state index contributed by atoms with van der Waals surface area (Å²) in [6.45, 7) is 12.0. The summed E-state index contributed by atoms with van der Waals surface area (Å²) in [6.07, 6.45) is 6.18. The predicted molar refractivity (Wildman–Crippen MR) is 100.0 cm³/mol. The molecular formula is C16H29NS2. The zero-order valence-electron chi connectivity index (χ0n) is 13.0. The van der Waals surface area contributed by atoms with Crippen molar-refractivity contribution < 1.29 is 0 Å². The lowest BCUT2D eigenvalue weighted by atomic mass is 10.0. The summed E-state index contributed by atoms with van der Waals surface area (Å²) in [6, 6.07) is 7.91. The summed E-state index contributed by atoms with van der Waals surface area (Å²) in [5, 5.41) is 0. The van der Waals surface area contributed by atoms with E-state index in [0.29, 0.717) is 0 Å². The minimum Gasteiger partial charge on any atom is -0.399 e. The fourth-order valence-electron chi connectivity index (χ4n) is 1.26. The van der Waals surface area contributed by atoms with Crippen molar-refractivity contribution in [3.8, 4) is 0 Å². The van der Waals surface area contributed by atoms with Gasteiger partial charge in [0.25, 0.3) is 0 Å². The van der Waals surface area contributed by atoms with Gasteiger partial charge in [-0.3, -0.25) is 0 Å². The summed E-state index contributed by atoms with van der Waals surface area (Å²) < 4.78 is 0. The van der Waals surface area contributed by atoms with E-state index in [2.05, 4.69) is 41.5 Å². The zero-order chi connectivity index (χ0) is 15.7. The second kappa shape index (κ2) is 19.5. The van der Waals surface area contributed by atoms with Gasteiger partial charge in [0.15, 0.2) is 0 Å². The Kier molecular flexibility index (Phi) is 24.0. The lowest BCUT2D eigenvalue weighted by molar-refractivity contribution is 1.50. The van der Waals surface area contributed by atoms with Crippen LogP contribution >= 0.6 is 23.3 Å². The second-order valence-corrected chi connectivity index (χ2v) is 2.87. The lowest BCUT2D eigenvalue weighted by Crippen LogP contribution is -1.86. The summed E-state index contributed by atoms with van der Waals surface area (Å²) in [4.78, 5) is 0. The molecule has 1 rings (SSSR count). The van der Waals surface area contributed by atoms with E-state index in [1.807, 2.05) is 65.8 Å². The van der Waals surface area contributed by atoms with Crippen LogP contribution in [-0.2, 0) is 0 Å². The average molecular weight is 300 g/mol. The van der Waals surface area contributed by atoms with Crippen molar-refractivity contribution in [1.82, 2.24) is 0 Å². The number of anilines is 1. The van der Waals surface area contributed by atoms with Crippen LogP contribution in [0.1, 0.15) is 47.1 Å². The van der Waals surface area contributed by atoms with E-state index >= 15 is 0 Å². The van der Waals surface area contributed by atoms with Crippen molar-refractivity contribution in [2.24, 2.45) is 0 Å². The molecule has 0 unspecified atom stereocenters. The first-order valence-corrected chi connectivity index (χ1v) is 8.23. The summed E-state index contributed by atoms with van der Waals surface area (Å²) in [5.41, 5.74) is 8.87. The maximum atomic E-state index is 5.70. The Morgan fingerprint density at radius 3 is 1.95 bits per heavy atom. The van der Waals surface area contributed by atoms with E-state index in [4.69, 9.17) is 5.73 Å². The molecule has 0 fully saturated rings. The van der Waals surface area contributed by atoms with Crippen LogP contribution in [0.3, 0.4) is 0 Å². The highest BCUT2D eigenvalue weighted by Gasteiger charge is 1.95. The fraction of sp³-hybridized carbons (Fsp3) is 0.375. The molecule has 0 radical (unpaired) electrons. The van der Waals surface area contributed by atoms with Gasteiger partial charge in [-0.2, -0.15) is 0 Å². The van der Waals surface area contributed by atoms with Gasteiger partial charge in [0.2, 0.25) is 0 Å². The Balaban J connectivity index is -0.000000375. The molecule has 110 valence electrons. The summed E-state index contributed by atoms with van der Waals surface area (Å²) >= 11 is 6.44. The Labute approximate surface area is 130 Å². The van der Waals surface area contributed by atoms with Crippen molar-refractivity contribution in [2.45, 2.75) is 41.5 Å².